The second kappa shape index (κ2) is 8.34. The zero-order valence-electron chi connectivity index (χ0n) is 15.2. The van der Waals surface area contributed by atoms with Crippen molar-refractivity contribution >= 4 is 11.6 Å². The fraction of sp³-hybridized carbons (Fsp3) is 0.174. The number of hydrogen-bond donors (Lipinski definition) is 1. The molecule has 0 fully saturated rings. The number of nitrogens with one attached hydrogen (secondary N) is 1. The standard InChI is InChI=1S/C23H23NO2/c1-3-19-11-7-8-17(2)22(19)24-23(25)20-12-14-21(15-13-20)26-16-18-9-5-4-6-10-18/h4-15H,3,16H2,1-2H3,(H,24,25). The van der Waals surface area contributed by atoms with Gasteiger partial charge in [-0.2, -0.15) is 0 Å². The maximum absolute atomic E-state index is 12.6. The smallest absolute Gasteiger partial charge is 0.255 e. The van der Waals surface area contributed by atoms with E-state index < -0.39 is 0 Å². The second-order valence-corrected chi connectivity index (χ2v) is 6.22. The summed E-state index contributed by atoms with van der Waals surface area (Å²) < 4.78 is 5.77. The summed E-state index contributed by atoms with van der Waals surface area (Å²) in [7, 11) is 0. The second-order valence-electron chi connectivity index (χ2n) is 6.22. The Morgan fingerprint density at radius 2 is 1.65 bits per heavy atom. The molecular formula is C23H23NO2. The Morgan fingerprint density at radius 1 is 0.923 bits per heavy atom. The lowest BCUT2D eigenvalue weighted by atomic mass is 10.1. The molecule has 0 aliphatic carbocycles. The Morgan fingerprint density at radius 3 is 2.35 bits per heavy atom. The lowest BCUT2D eigenvalue weighted by Gasteiger charge is -2.13. The van der Waals surface area contributed by atoms with Crippen molar-refractivity contribution in [2.75, 3.05) is 5.32 Å². The first-order valence-electron chi connectivity index (χ1n) is 8.84. The molecule has 0 spiro atoms. The van der Waals surface area contributed by atoms with Gasteiger partial charge in [-0.15, -0.1) is 0 Å². The molecule has 3 rings (SSSR count). The maximum Gasteiger partial charge on any atom is 0.255 e. The van der Waals surface area contributed by atoms with Crippen molar-refractivity contribution < 1.29 is 9.53 Å². The predicted octanol–water partition coefficient (Wildman–Crippen LogP) is 5.39. The molecule has 0 atom stereocenters. The van der Waals surface area contributed by atoms with Gasteiger partial charge in [0.05, 0.1) is 0 Å². The Bertz CT molecular complexity index is 870. The van der Waals surface area contributed by atoms with E-state index in [1.165, 1.54) is 0 Å². The molecule has 0 saturated carbocycles. The van der Waals surface area contributed by atoms with Crippen LogP contribution in [-0.2, 0) is 13.0 Å². The topological polar surface area (TPSA) is 38.3 Å². The van der Waals surface area contributed by atoms with Gasteiger partial charge in [-0.3, -0.25) is 4.79 Å². The van der Waals surface area contributed by atoms with E-state index in [9.17, 15) is 4.79 Å². The summed E-state index contributed by atoms with van der Waals surface area (Å²) >= 11 is 0. The van der Waals surface area contributed by atoms with Crippen LogP contribution in [0.2, 0.25) is 0 Å². The number of carbonyl (C=O) groups is 1. The molecule has 0 aliphatic heterocycles. The van der Waals surface area contributed by atoms with Crippen LogP contribution in [0.15, 0.2) is 72.8 Å². The fourth-order valence-electron chi connectivity index (χ4n) is 2.83. The van der Waals surface area contributed by atoms with Crippen LogP contribution in [0.3, 0.4) is 0 Å². The van der Waals surface area contributed by atoms with Crippen LogP contribution < -0.4 is 10.1 Å². The molecule has 3 heteroatoms. The quantitative estimate of drug-likeness (QED) is 0.650. The van der Waals surface area contributed by atoms with Gasteiger partial charge in [-0.25, -0.2) is 0 Å². The summed E-state index contributed by atoms with van der Waals surface area (Å²) in [5.74, 6) is 0.638. The third kappa shape index (κ3) is 4.31. The van der Waals surface area contributed by atoms with Crippen molar-refractivity contribution in [3.63, 3.8) is 0 Å². The van der Waals surface area contributed by atoms with Crippen molar-refractivity contribution in [3.8, 4) is 5.75 Å². The number of benzene rings is 3. The number of anilines is 1. The molecule has 1 N–H and O–H groups in total. The molecule has 0 saturated heterocycles. The zero-order chi connectivity index (χ0) is 18.4. The molecule has 3 nitrogen and oxygen atoms in total. The average Bonchev–Trinajstić information content (AvgIpc) is 2.69. The van der Waals surface area contributed by atoms with E-state index in [1.54, 1.807) is 12.1 Å². The number of amides is 1. The molecule has 3 aromatic rings. The van der Waals surface area contributed by atoms with E-state index in [0.717, 1.165) is 34.5 Å². The minimum Gasteiger partial charge on any atom is -0.489 e. The molecular weight excluding hydrogens is 322 g/mol. The van der Waals surface area contributed by atoms with Crippen LogP contribution in [0.5, 0.6) is 5.75 Å². The molecule has 26 heavy (non-hydrogen) atoms. The molecule has 3 aromatic carbocycles. The van der Waals surface area contributed by atoms with Gasteiger partial charge in [0.15, 0.2) is 0 Å². The number of para-hydroxylation sites is 1. The number of carbonyl (C=O) groups excluding carboxylic acids is 1. The summed E-state index contributed by atoms with van der Waals surface area (Å²) in [5.41, 5.74) is 4.84. The van der Waals surface area contributed by atoms with Crippen molar-refractivity contribution in [2.45, 2.75) is 26.9 Å². The van der Waals surface area contributed by atoms with Gasteiger partial charge in [-0.05, 0) is 54.3 Å². The monoisotopic (exact) mass is 345 g/mol. The third-order valence-corrected chi connectivity index (χ3v) is 4.34. The van der Waals surface area contributed by atoms with Gasteiger partial charge >= 0.3 is 0 Å². The van der Waals surface area contributed by atoms with Crippen LogP contribution in [0.1, 0.15) is 34.0 Å². The molecule has 0 bridgehead atoms. The van der Waals surface area contributed by atoms with Crippen LogP contribution in [0, 0.1) is 6.92 Å². The van der Waals surface area contributed by atoms with Gasteiger partial charge < -0.3 is 10.1 Å². The lowest BCUT2D eigenvalue weighted by molar-refractivity contribution is 0.102. The highest BCUT2D eigenvalue weighted by Gasteiger charge is 2.10. The SMILES string of the molecule is CCc1cccc(C)c1NC(=O)c1ccc(OCc2ccccc2)cc1. The summed E-state index contributed by atoms with van der Waals surface area (Å²) in [5, 5.41) is 3.04. The van der Waals surface area contributed by atoms with Gasteiger partial charge in [0, 0.05) is 11.3 Å². The lowest BCUT2D eigenvalue weighted by Crippen LogP contribution is -2.14. The first-order chi connectivity index (χ1) is 12.7. The normalized spacial score (nSPS) is 10.4. The average molecular weight is 345 g/mol. The molecule has 0 heterocycles. The number of ether oxygens (including phenoxy) is 1. The molecule has 132 valence electrons. The van der Waals surface area contributed by atoms with Crippen LogP contribution >= 0.6 is 0 Å². The Labute approximate surface area is 154 Å². The maximum atomic E-state index is 12.6. The highest BCUT2D eigenvalue weighted by atomic mass is 16.5. The summed E-state index contributed by atoms with van der Waals surface area (Å²) in [6, 6.07) is 23.3. The van der Waals surface area contributed by atoms with Crippen LogP contribution in [0.25, 0.3) is 0 Å². The van der Waals surface area contributed by atoms with Crippen LogP contribution in [-0.4, -0.2) is 5.91 Å². The van der Waals surface area contributed by atoms with E-state index in [2.05, 4.69) is 12.2 Å². The Kier molecular flexibility index (Phi) is 5.69. The van der Waals surface area contributed by atoms with E-state index in [-0.39, 0.29) is 5.91 Å². The van der Waals surface area contributed by atoms with E-state index in [4.69, 9.17) is 4.74 Å². The number of hydrogen-bond acceptors (Lipinski definition) is 2. The van der Waals surface area contributed by atoms with Crippen LogP contribution in [0.4, 0.5) is 5.69 Å². The summed E-state index contributed by atoms with van der Waals surface area (Å²) in [6.07, 6.45) is 0.879. The molecule has 0 radical (unpaired) electrons. The number of aryl methyl sites for hydroxylation is 2. The highest BCUT2D eigenvalue weighted by Crippen LogP contribution is 2.22. The summed E-state index contributed by atoms with van der Waals surface area (Å²) in [4.78, 5) is 12.6. The molecule has 0 unspecified atom stereocenters. The Hall–Kier alpha value is -3.07. The third-order valence-electron chi connectivity index (χ3n) is 4.34. The first kappa shape index (κ1) is 17.7. The highest BCUT2D eigenvalue weighted by molar-refractivity contribution is 6.05. The van der Waals surface area contributed by atoms with E-state index in [0.29, 0.717) is 12.2 Å². The molecule has 0 aliphatic rings. The predicted molar refractivity (Wildman–Crippen MR) is 106 cm³/mol. The Balaban J connectivity index is 1.66. The van der Waals surface area contributed by atoms with Gasteiger partial charge in [-0.1, -0.05) is 55.5 Å². The van der Waals surface area contributed by atoms with Gasteiger partial charge in [0.1, 0.15) is 12.4 Å². The largest absolute Gasteiger partial charge is 0.489 e. The molecule has 0 aromatic heterocycles. The van der Waals surface area contributed by atoms with Gasteiger partial charge in [0.25, 0.3) is 5.91 Å². The van der Waals surface area contributed by atoms with Crippen molar-refractivity contribution in [2.24, 2.45) is 0 Å². The summed E-state index contributed by atoms with van der Waals surface area (Å²) in [6.45, 7) is 4.61. The van der Waals surface area contributed by atoms with E-state index in [1.807, 2.05) is 67.6 Å². The van der Waals surface area contributed by atoms with Gasteiger partial charge in [0.2, 0.25) is 0 Å². The van der Waals surface area contributed by atoms with Crippen molar-refractivity contribution in [1.29, 1.82) is 0 Å². The zero-order valence-corrected chi connectivity index (χ0v) is 15.2. The van der Waals surface area contributed by atoms with E-state index >= 15 is 0 Å². The van der Waals surface area contributed by atoms with Crippen molar-refractivity contribution in [3.05, 3.63) is 95.1 Å². The first-order valence-corrected chi connectivity index (χ1v) is 8.84. The minimum absolute atomic E-state index is 0.108. The molecule has 1 amide bonds. The minimum atomic E-state index is -0.108. The van der Waals surface area contributed by atoms with Crippen molar-refractivity contribution in [1.82, 2.24) is 0 Å². The fourth-order valence-corrected chi connectivity index (χ4v) is 2.83. The number of rotatable bonds is 6.